The van der Waals surface area contributed by atoms with Crippen LogP contribution in [0.2, 0.25) is 0 Å². The molecule has 0 unspecified atom stereocenters. The van der Waals surface area contributed by atoms with E-state index in [0.717, 1.165) is 50.9 Å². The predicted molar refractivity (Wildman–Crippen MR) is 118 cm³/mol. The van der Waals surface area contributed by atoms with Crippen molar-refractivity contribution in [2.75, 3.05) is 25.0 Å². The molecule has 0 radical (unpaired) electrons. The van der Waals surface area contributed by atoms with Gasteiger partial charge >= 0.3 is 12.2 Å². The summed E-state index contributed by atoms with van der Waals surface area (Å²) in [6, 6.07) is 10.2. The molecular formula is C24H28F3N5O. The van der Waals surface area contributed by atoms with Crippen molar-refractivity contribution >= 4 is 11.7 Å². The third kappa shape index (κ3) is 3.96. The number of alkyl halides is 3. The Morgan fingerprint density at radius 1 is 1.06 bits per heavy atom. The molecule has 3 aliphatic rings. The minimum absolute atomic E-state index is 0.147. The van der Waals surface area contributed by atoms with E-state index in [1.54, 1.807) is 4.90 Å². The zero-order valence-electron chi connectivity index (χ0n) is 18.6. The van der Waals surface area contributed by atoms with Gasteiger partial charge in [-0.05, 0) is 57.1 Å². The molecule has 2 aliphatic carbocycles. The van der Waals surface area contributed by atoms with E-state index < -0.39 is 12.0 Å². The first-order valence-corrected chi connectivity index (χ1v) is 11.5. The van der Waals surface area contributed by atoms with Crippen molar-refractivity contribution in [1.29, 1.82) is 0 Å². The molecule has 1 aliphatic heterocycles. The molecule has 2 amide bonds. The highest BCUT2D eigenvalue weighted by Gasteiger charge is 2.55. The van der Waals surface area contributed by atoms with Crippen molar-refractivity contribution in [3.63, 3.8) is 0 Å². The molecule has 1 spiro atoms. The van der Waals surface area contributed by atoms with Crippen LogP contribution in [0.25, 0.3) is 0 Å². The Morgan fingerprint density at radius 3 is 2.24 bits per heavy atom. The molecule has 5 rings (SSSR count). The second-order valence-corrected chi connectivity index (χ2v) is 9.61. The second kappa shape index (κ2) is 7.97. The first-order chi connectivity index (χ1) is 15.8. The van der Waals surface area contributed by atoms with Gasteiger partial charge in [-0.15, -0.1) is 0 Å². The molecule has 33 heavy (non-hydrogen) atoms. The zero-order valence-corrected chi connectivity index (χ0v) is 18.6. The van der Waals surface area contributed by atoms with E-state index in [1.165, 1.54) is 5.56 Å². The van der Waals surface area contributed by atoms with Crippen LogP contribution in [0.4, 0.5) is 23.7 Å². The minimum Gasteiger partial charge on any atom is -0.317 e. The van der Waals surface area contributed by atoms with Gasteiger partial charge in [0.1, 0.15) is 0 Å². The molecule has 1 N–H and O–H groups in total. The van der Waals surface area contributed by atoms with Crippen LogP contribution in [0.15, 0.2) is 42.7 Å². The van der Waals surface area contributed by atoms with Gasteiger partial charge in [-0.3, -0.25) is 4.90 Å². The Labute approximate surface area is 191 Å². The molecule has 2 heterocycles. The fourth-order valence-electron chi connectivity index (χ4n) is 5.45. The number of aromatic nitrogens is 2. The number of nitrogens with zero attached hydrogens (tertiary/aromatic N) is 4. The summed E-state index contributed by atoms with van der Waals surface area (Å²) in [5.74, 6) is -0.679. The molecule has 0 atom stereocenters. The number of amides is 2. The highest BCUT2D eigenvalue weighted by Crippen LogP contribution is 2.48. The van der Waals surface area contributed by atoms with E-state index >= 15 is 0 Å². The van der Waals surface area contributed by atoms with Crippen molar-refractivity contribution in [2.45, 2.75) is 55.8 Å². The molecule has 2 aromatic rings. The smallest absolute Gasteiger partial charge is 0.317 e. The molecule has 3 fully saturated rings. The van der Waals surface area contributed by atoms with Crippen LogP contribution in [0, 0.1) is 5.92 Å². The van der Waals surface area contributed by atoms with E-state index in [0.29, 0.717) is 24.7 Å². The van der Waals surface area contributed by atoms with Crippen molar-refractivity contribution < 1.29 is 18.0 Å². The summed E-state index contributed by atoms with van der Waals surface area (Å²) in [6.45, 7) is 1.15. The highest BCUT2D eigenvalue weighted by atomic mass is 19.4. The third-order valence-corrected chi connectivity index (χ3v) is 7.67. The lowest BCUT2D eigenvalue weighted by atomic mass is 9.69. The lowest BCUT2D eigenvalue weighted by Crippen LogP contribution is -2.55. The topological polar surface area (TPSA) is 61.4 Å². The fourth-order valence-corrected chi connectivity index (χ4v) is 5.45. The summed E-state index contributed by atoms with van der Waals surface area (Å²) >= 11 is 0. The molecule has 1 saturated heterocycles. The largest absolute Gasteiger partial charge is 0.451 e. The molecule has 1 aromatic carbocycles. The number of carbonyl (C=O) groups excluding carboxylic acids is 1. The van der Waals surface area contributed by atoms with Crippen molar-refractivity contribution in [3.05, 3.63) is 54.1 Å². The molecule has 1 aromatic heterocycles. The highest BCUT2D eigenvalue weighted by molar-refractivity contribution is 5.95. The second-order valence-electron chi connectivity index (χ2n) is 9.61. The van der Waals surface area contributed by atoms with Crippen molar-refractivity contribution in [3.8, 4) is 0 Å². The maximum atomic E-state index is 13.5. The Hall–Kier alpha value is -2.68. The maximum absolute atomic E-state index is 13.5. The average molecular weight is 460 g/mol. The summed E-state index contributed by atoms with van der Waals surface area (Å²) in [4.78, 5) is 24.0. The normalized spacial score (nSPS) is 28.1. The number of halogens is 3. The van der Waals surface area contributed by atoms with E-state index in [1.807, 2.05) is 30.1 Å². The van der Waals surface area contributed by atoms with Gasteiger partial charge in [0.2, 0.25) is 5.82 Å². The predicted octanol–water partition coefficient (Wildman–Crippen LogP) is 4.58. The van der Waals surface area contributed by atoms with Gasteiger partial charge in [0.05, 0.1) is 30.2 Å². The SMILES string of the molecule is CN[C@]1(c2ccccc2)CC[C@]2(CC1)CN(c1cnc(C(F)(F)F)nc1)C(=O)N2CC1CC1. The van der Waals surface area contributed by atoms with Gasteiger partial charge in [0.25, 0.3) is 0 Å². The minimum atomic E-state index is -4.61. The first kappa shape index (κ1) is 22.1. The lowest BCUT2D eigenvalue weighted by Gasteiger charge is -2.48. The summed E-state index contributed by atoms with van der Waals surface area (Å²) < 4.78 is 38.7. The number of hydrogen-bond donors (Lipinski definition) is 1. The number of anilines is 1. The molecule has 2 saturated carbocycles. The maximum Gasteiger partial charge on any atom is 0.451 e. The summed E-state index contributed by atoms with van der Waals surface area (Å²) in [5.41, 5.74) is 1.08. The number of benzene rings is 1. The van der Waals surface area contributed by atoms with Crippen LogP contribution >= 0.6 is 0 Å². The van der Waals surface area contributed by atoms with Gasteiger partial charge in [-0.2, -0.15) is 13.2 Å². The van der Waals surface area contributed by atoms with E-state index in [4.69, 9.17) is 0 Å². The average Bonchev–Trinajstić information content (AvgIpc) is 3.61. The number of carbonyl (C=O) groups is 1. The van der Waals surface area contributed by atoms with Gasteiger partial charge in [-0.1, -0.05) is 30.3 Å². The summed E-state index contributed by atoms with van der Waals surface area (Å²) in [7, 11) is 1.98. The van der Waals surface area contributed by atoms with Gasteiger partial charge < -0.3 is 10.2 Å². The third-order valence-electron chi connectivity index (χ3n) is 7.67. The van der Waals surface area contributed by atoms with Crippen LogP contribution in [0.5, 0.6) is 0 Å². The molecule has 176 valence electrons. The molecular weight excluding hydrogens is 431 g/mol. The summed E-state index contributed by atoms with van der Waals surface area (Å²) in [5, 5.41) is 3.54. The van der Waals surface area contributed by atoms with Crippen LogP contribution in [-0.2, 0) is 11.7 Å². The number of urea groups is 1. The van der Waals surface area contributed by atoms with Crippen LogP contribution < -0.4 is 10.2 Å². The Balaban J connectivity index is 1.41. The first-order valence-electron chi connectivity index (χ1n) is 11.5. The molecule has 9 heteroatoms. The van der Waals surface area contributed by atoms with Crippen molar-refractivity contribution in [2.24, 2.45) is 5.92 Å². The number of hydrogen-bond acceptors (Lipinski definition) is 4. The Morgan fingerprint density at radius 2 is 1.70 bits per heavy atom. The molecule has 6 nitrogen and oxygen atoms in total. The molecule has 0 bridgehead atoms. The van der Waals surface area contributed by atoms with Gasteiger partial charge in [0.15, 0.2) is 0 Å². The Kier molecular flexibility index (Phi) is 5.34. The van der Waals surface area contributed by atoms with Gasteiger partial charge in [-0.25, -0.2) is 14.8 Å². The standard InChI is InChI=1S/C24H28F3N5O/c1-28-23(18-5-3-2-4-6-18)11-9-22(10-12-23)16-31(21(33)32(22)15-17-7-8-17)19-13-29-20(30-14-19)24(25,26)27/h2-6,13-14,17,28H,7-12,15-16H2,1H3/t22-,23+. The monoisotopic (exact) mass is 459 g/mol. The van der Waals surface area contributed by atoms with Crippen LogP contribution in [0.1, 0.15) is 49.9 Å². The number of rotatable bonds is 5. The van der Waals surface area contributed by atoms with E-state index in [-0.39, 0.29) is 17.1 Å². The van der Waals surface area contributed by atoms with Crippen molar-refractivity contribution in [1.82, 2.24) is 20.2 Å². The lowest BCUT2D eigenvalue weighted by molar-refractivity contribution is -0.144. The quantitative estimate of drug-likeness (QED) is 0.711. The Bertz CT molecular complexity index is 999. The van der Waals surface area contributed by atoms with Crippen LogP contribution in [-0.4, -0.2) is 46.6 Å². The van der Waals surface area contributed by atoms with E-state index in [2.05, 4.69) is 27.4 Å². The summed E-state index contributed by atoms with van der Waals surface area (Å²) in [6.07, 6.45) is 3.25. The van der Waals surface area contributed by atoms with Gasteiger partial charge in [0, 0.05) is 12.1 Å². The zero-order chi connectivity index (χ0) is 23.3. The number of nitrogens with one attached hydrogen (secondary N) is 1. The fraction of sp³-hybridized carbons (Fsp3) is 0.542. The van der Waals surface area contributed by atoms with E-state index in [9.17, 15) is 18.0 Å². The van der Waals surface area contributed by atoms with Crippen LogP contribution in [0.3, 0.4) is 0 Å².